The van der Waals surface area contributed by atoms with Gasteiger partial charge in [-0.25, -0.2) is 0 Å². The lowest BCUT2D eigenvalue weighted by Crippen LogP contribution is -1.54. The molecule has 0 aliphatic rings. The fraction of sp³-hybridized carbons (Fsp3) is 0.500. The van der Waals surface area contributed by atoms with E-state index in [4.69, 9.17) is 0 Å². The minimum absolute atomic E-state index is 1.14. The first-order chi connectivity index (χ1) is 4.41. The van der Waals surface area contributed by atoms with Crippen LogP contribution in [0, 0.1) is 0 Å². The number of rotatable bonds is 3. The molecule has 0 N–H and O–H groups in total. The van der Waals surface area contributed by atoms with Crippen LogP contribution in [0.1, 0.15) is 20.8 Å². The zero-order valence-corrected chi connectivity index (χ0v) is 7.37. The SMILES string of the molecule is C=C/C=C\SCC.CC. The molecular weight excluding hydrogens is 128 g/mol. The highest BCUT2D eigenvalue weighted by molar-refractivity contribution is 8.02. The summed E-state index contributed by atoms with van der Waals surface area (Å²) in [7, 11) is 0. The van der Waals surface area contributed by atoms with E-state index in [0.717, 1.165) is 5.75 Å². The monoisotopic (exact) mass is 144 g/mol. The number of hydrogen-bond donors (Lipinski definition) is 0. The van der Waals surface area contributed by atoms with Crippen molar-refractivity contribution >= 4 is 11.8 Å². The highest BCUT2D eigenvalue weighted by atomic mass is 32.2. The second-order valence-electron chi connectivity index (χ2n) is 1.02. The van der Waals surface area contributed by atoms with E-state index in [-0.39, 0.29) is 0 Å². The van der Waals surface area contributed by atoms with E-state index in [2.05, 4.69) is 13.5 Å². The standard InChI is InChI=1S/C6H10S.C2H6/c1-3-5-6-7-4-2;1-2/h3,5-6H,1,4H2,2H3;1-2H3/b6-5-;. The van der Waals surface area contributed by atoms with Gasteiger partial charge in [0.2, 0.25) is 0 Å². The van der Waals surface area contributed by atoms with Gasteiger partial charge in [-0.15, -0.1) is 11.8 Å². The van der Waals surface area contributed by atoms with Crippen LogP contribution in [0.15, 0.2) is 24.1 Å². The Labute approximate surface area is 63.0 Å². The second-order valence-corrected chi connectivity index (χ2v) is 2.20. The third kappa shape index (κ3) is 18.1. The lowest BCUT2D eigenvalue weighted by molar-refractivity contribution is 1.50. The maximum atomic E-state index is 3.53. The molecule has 54 valence electrons. The Morgan fingerprint density at radius 1 is 1.44 bits per heavy atom. The van der Waals surface area contributed by atoms with Gasteiger partial charge < -0.3 is 0 Å². The molecule has 0 spiro atoms. The van der Waals surface area contributed by atoms with Crippen molar-refractivity contribution in [2.45, 2.75) is 20.8 Å². The van der Waals surface area contributed by atoms with Gasteiger partial charge in [0.05, 0.1) is 0 Å². The first-order valence-electron chi connectivity index (χ1n) is 3.31. The van der Waals surface area contributed by atoms with Gasteiger partial charge in [0.15, 0.2) is 0 Å². The van der Waals surface area contributed by atoms with Crippen LogP contribution < -0.4 is 0 Å². The summed E-state index contributed by atoms with van der Waals surface area (Å²) >= 11 is 1.78. The second kappa shape index (κ2) is 15.7. The van der Waals surface area contributed by atoms with E-state index in [1.807, 2.05) is 25.3 Å². The summed E-state index contributed by atoms with van der Waals surface area (Å²) in [5.41, 5.74) is 0. The molecule has 1 heteroatoms. The van der Waals surface area contributed by atoms with Crippen molar-refractivity contribution in [1.82, 2.24) is 0 Å². The third-order valence-electron chi connectivity index (χ3n) is 0.478. The molecule has 0 bridgehead atoms. The van der Waals surface area contributed by atoms with Gasteiger partial charge in [-0.3, -0.25) is 0 Å². The van der Waals surface area contributed by atoms with E-state index >= 15 is 0 Å². The predicted octanol–water partition coefficient (Wildman–Crippen LogP) is 3.47. The molecule has 0 rings (SSSR count). The van der Waals surface area contributed by atoms with E-state index < -0.39 is 0 Å². The molecule has 0 fully saturated rings. The van der Waals surface area contributed by atoms with Crippen molar-refractivity contribution < 1.29 is 0 Å². The van der Waals surface area contributed by atoms with Gasteiger partial charge in [0.1, 0.15) is 0 Å². The molecule has 0 aliphatic heterocycles. The molecular formula is C8H16S. The Kier molecular flexibility index (Phi) is 20.2. The average molecular weight is 144 g/mol. The zero-order valence-electron chi connectivity index (χ0n) is 6.55. The molecule has 0 aromatic heterocycles. The number of hydrogen-bond acceptors (Lipinski definition) is 1. The molecule has 0 saturated heterocycles. The summed E-state index contributed by atoms with van der Waals surface area (Å²) in [5, 5.41) is 2.03. The molecule has 0 radical (unpaired) electrons. The van der Waals surface area contributed by atoms with E-state index in [1.165, 1.54) is 0 Å². The van der Waals surface area contributed by atoms with Crippen LogP contribution in [-0.4, -0.2) is 5.75 Å². The molecule has 0 heterocycles. The summed E-state index contributed by atoms with van der Waals surface area (Å²) in [6, 6.07) is 0. The topological polar surface area (TPSA) is 0 Å². The number of thioether (sulfide) groups is 1. The lowest BCUT2D eigenvalue weighted by Gasteiger charge is -1.77. The van der Waals surface area contributed by atoms with Crippen molar-refractivity contribution in [2.24, 2.45) is 0 Å². The zero-order chi connectivity index (χ0) is 7.54. The summed E-state index contributed by atoms with van der Waals surface area (Å²) in [4.78, 5) is 0. The van der Waals surface area contributed by atoms with E-state index in [0.29, 0.717) is 0 Å². The average Bonchev–Trinajstić information content (AvgIpc) is 1.94. The molecule has 0 nitrogen and oxygen atoms in total. The Bertz CT molecular complexity index is 65.0. The van der Waals surface area contributed by atoms with Crippen molar-refractivity contribution in [2.75, 3.05) is 5.75 Å². The van der Waals surface area contributed by atoms with Gasteiger partial charge in [-0.2, -0.15) is 0 Å². The van der Waals surface area contributed by atoms with Crippen molar-refractivity contribution in [1.29, 1.82) is 0 Å². The summed E-state index contributed by atoms with van der Waals surface area (Å²) in [5.74, 6) is 1.14. The van der Waals surface area contributed by atoms with Crippen LogP contribution in [-0.2, 0) is 0 Å². The van der Waals surface area contributed by atoms with Crippen LogP contribution >= 0.6 is 11.8 Å². The quantitative estimate of drug-likeness (QED) is 0.547. The maximum Gasteiger partial charge on any atom is -0.00544 e. The first-order valence-corrected chi connectivity index (χ1v) is 4.36. The fourth-order valence-electron chi connectivity index (χ4n) is 0.207. The van der Waals surface area contributed by atoms with E-state index in [1.54, 1.807) is 17.8 Å². The minimum atomic E-state index is 1.14. The number of allylic oxidation sites excluding steroid dienone is 2. The summed E-state index contributed by atoms with van der Waals surface area (Å²) in [6.07, 6.45) is 3.72. The Morgan fingerprint density at radius 2 is 2.00 bits per heavy atom. The first kappa shape index (κ1) is 11.6. The van der Waals surface area contributed by atoms with E-state index in [9.17, 15) is 0 Å². The van der Waals surface area contributed by atoms with Gasteiger partial charge in [-0.1, -0.05) is 39.5 Å². The molecule has 0 unspecified atom stereocenters. The summed E-state index contributed by atoms with van der Waals surface area (Å²) < 4.78 is 0. The highest BCUT2D eigenvalue weighted by Crippen LogP contribution is 1.98. The van der Waals surface area contributed by atoms with Crippen molar-refractivity contribution in [3.05, 3.63) is 24.1 Å². The van der Waals surface area contributed by atoms with Crippen LogP contribution in [0.25, 0.3) is 0 Å². The molecule has 0 saturated carbocycles. The highest BCUT2D eigenvalue weighted by Gasteiger charge is 1.65. The van der Waals surface area contributed by atoms with Crippen LogP contribution in [0.4, 0.5) is 0 Å². The summed E-state index contributed by atoms with van der Waals surface area (Å²) in [6.45, 7) is 9.66. The van der Waals surface area contributed by atoms with Crippen LogP contribution in [0.5, 0.6) is 0 Å². The Hall–Kier alpha value is -0.170. The van der Waals surface area contributed by atoms with Gasteiger partial charge in [0.25, 0.3) is 0 Å². The van der Waals surface area contributed by atoms with Gasteiger partial charge in [0, 0.05) is 0 Å². The van der Waals surface area contributed by atoms with Crippen molar-refractivity contribution in [3.8, 4) is 0 Å². The fourth-order valence-corrected chi connectivity index (χ4v) is 0.622. The molecule has 0 aromatic rings. The normalized spacial score (nSPS) is 8.33. The Morgan fingerprint density at radius 3 is 2.33 bits per heavy atom. The van der Waals surface area contributed by atoms with Gasteiger partial charge in [-0.05, 0) is 11.2 Å². The Balaban J connectivity index is 0. The van der Waals surface area contributed by atoms with Crippen LogP contribution in [0.3, 0.4) is 0 Å². The minimum Gasteiger partial charge on any atom is -0.134 e. The van der Waals surface area contributed by atoms with Crippen LogP contribution in [0.2, 0.25) is 0 Å². The smallest absolute Gasteiger partial charge is 0.00544 e. The molecule has 0 aromatic carbocycles. The third-order valence-corrected chi connectivity index (χ3v) is 1.16. The predicted molar refractivity (Wildman–Crippen MR) is 48.8 cm³/mol. The van der Waals surface area contributed by atoms with Crippen molar-refractivity contribution in [3.63, 3.8) is 0 Å². The lowest BCUT2D eigenvalue weighted by atomic mass is 10.6. The van der Waals surface area contributed by atoms with Gasteiger partial charge >= 0.3 is 0 Å². The maximum absolute atomic E-state index is 3.53. The molecule has 9 heavy (non-hydrogen) atoms. The molecule has 0 aliphatic carbocycles. The molecule has 0 atom stereocenters. The largest absolute Gasteiger partial charge is 0.134 e. The molecule has 0 amide bonds.